The second-order valence-electron chi connectivity index (χ2n) is 6.09. The first-order chi connectivity index (χ1) is 13.1. The Hall–Kier alpha value is -3.27. The number of hydrogen-bond donors (Lipinski definition) is 1. The van der Waals surface area contributed by atoms with Crippen LogP contribution in [-0.2, 0) is 0 Å². The highest BCUT2D eigenvalue weighted by molar-refractivity contribution is 5.80. The van der Waals surface area contributed by atoms with Crippen LogP contribution in [0.25, 0.3) is 22.3 Å². The number of benzene rings is 2. The third kappa shape index (κ3) is 4.29. The van der Waals surface area contributed by atoms with Gasteiger partial charge in [0.15, 0.2) is 5.43 Å². The molecule has 4 heteroatoms. The van der Waals surface area contributed by atoms with Gasteiger partial charge in [-0.2, -0.15) is 0 Å². The van der Waals surface area contributed by atoms with Gasteiger partial charge in [0.05, 0.1) is 12.5 Å². The lowest BCUT2D eigenvalue weighted by molar-refractivity contribution is 0.415. The molecule has 1 heterocycles. The van der Waals surface area contributed by atoms with Crippen molar-refractivity contribution in [2.45, 2.75) is 20.3 Å². The quantitative estimate of drug-likeness (QED) is 0.568. The van der Waals surface area contributed by atoms with Gasteiger partial charge < -0.3 is 14.5 Å². The van der Waals surface area contributed by atoms with Crippen LogP contribution in [0.2, 0.25) is 0 Å². The van der Waals surface area contributed by atoms with Crippen molar-refractivity contribution < 1.29 is 9.15 Å². The Bertz CT molecular complexity index is 1040. The SMILES string of the molecule is C/C=C(\C=C/CC)Nc1ccc(-c2cc(=O)c3cc(OC)ccc3o2)cc1. The maximum absolute atomic E-state index is 12.4. The van der Waals surface area contributed by atoms with E-state index in [1.807, 2.05) is 37.3 Å². The summed E-state index contributed by atoms with van der Waals surface area (Å²) < 4.78 is 11.1. The number of nitrogens with one attached hydrogen (secondary N) is 1. The van der Waals surface area contributed by atoms with Crippen molar-refractivity contribution >= 4 is 16.7 Å². The van der Waals surface area contributed by atoms with Crippen LogP contribution >= 0.6 is 0 Å². The fourth-order valence-corrected chi connectivity index (χ4v) is 2.74. The van der Waals surface area contributed by atoms with E-state index in [1.54, 1.807) is 25.3 Å². The van der Waals surface area contributed by atoms with Gasteiger partial charge in [0.25, 0.3) is 0 Å². The Kier molecular flexibility index (Phi) is 5.77. The van der Waals surface area contributed by atoms with Gasteiger partial charge in [0.2, 0.25) is 0 Å². The van der Waals surface area contributed by atoms with Crippen molar-refractivity contribution in [3.8, 4) is 17.1 Å². The lowest BCUT2D eigenvalue weighted by Crippen LogP contribution is -2.01. The molecule has 0 aliphatic carbocycles. The smallest absolute Gasteiger partial charge is 0.193 e. The average molecular weight is 361 g/mol. The minimum Gasteiger partial charge on any atom is -0.497 e. The average Bonchev–Trinajstić information content (AvgIpc) is 2.71. The Labute approximate surface area is 158 Å². The normalized spacial score (nSPS) is 11.9. The Balaban J connectivity index is 1.89. The minimum absolute atomic E-state index is 0.0896. The molecule has 0 atom stereocenters. The van der Waals surface area contributed by atoms with Gasteiger partial charge in [-0.05, 0) is 61.9 Å². The molecule has 0 unspecified atom stereocenters. The van der Waals surface area contributed by atoms with Gasteiger partial charge in [-0.3, -0.25) is 4.79 Å². The van der Waals surface area contributed by atoms with E-state index in [9.17, 15) is 4.79 Å². The molecule has 2 aromatic carbocycles. The molecule has 1 N–H and O–H groups in total. The van der Waals surface area contributed by atoms with Gasteiger partial charge in [0, 0.05) is 23.0 Å². The third-order valence-corrected chi connectivity index (χ3v) is 4.24. The second kappa shape index (κ2) is 8.41. The number of methoxy groups -OCH3 is 1. The first-order valence-electron chi connectivity index (χ1n) is 8.96. The summed E-state index contributed by atoms with van der Waals surface area (Å²) in [6.45, 7) is 4.10. The molecule has 4 nitrogen and oxygen atoms in total. The third-order valence-electron chi connectivity index (χ3n) is 4.24. The first kappa shape index (κ1) is 18.5. The van der Waals surface area contributed by atoms with Crippen LogP contribution in [0, 0.1) is 0 Å². The molecule has 27 heavy (non-hydrogen) atoms. The lowest BCUT2D eigenvalue weighted by Gasteiger charge is -2.09. The van der Waals surface area contributed by atoms with E-state index in [2.05, 4.69) is 24.4 Å². The molecule has 0 aliphatic rings. The van der Waals surface area contributed by atoms with Crippen molar-refractivity contribution in [1.29, 1.82) is 0 Å². The van der Waals surface area contributed by atoms with Crippen LogP contribution in [-0.4, -0.2) is 7.11 Å². The summed E-state index contributed by atoms with van der Waals surface area (Å²) in [4.78, 5) is 12.4. The number of fused-ring (bicyclic) bond motifs is 1. The number of allylic oxidation sites excluding steroid dienone is 3. The summed E-state index contributed by atoms with van der Waals surface area (Å²) in [6, 6.07) is 14.6. The minimum atomic E-state index is -0.0896. The molecule has 1 aromatic heterocycles. The number of anilines is 1. The molecule has 0 fully saturated rings. The summed E-state index contributed by atoms with van der Waals surface area (Å²) in [5, 5.41) is 3.87. The fourth-order valence-electron chi connectivity index (χ4n) is 2.74. The predicted octanol–water partition coefficient (Wildman–Crippen LogP) is 5.75. The molecule has 0 amide bonds. The molecule has 0 saturated carbocycles. The molecule has 3 rings (SSSR count). The van der Waals surface area contributed by atoms with E-state index in [0.29, 0.717) is 22.5 Å². The van der Waals surface area contributed by atoms with Gasteiger partial charge in [-0.25, -0.2) is 0 Å². The first-order valence-corrected chi connectivity index (χ1v) is 8.96. The van der Waals surface area contributed by atoms with E-state index in [0.717, 1.165) is 23.4 Å². The van der Waals surface area contributed by atoms with Gasteiger partial charge in [-0.15, -0.1) is 0 Å². The maximum Gasteiger partial charge on any atom is 0.193 e. The molecule has 3 aromatic rings. The zero-order valence-electron chi connectivity index (χ0n) is 15.8. The molecular formula is C23H23NO3. The monoisotopic (exact) mass is 361 g/mol. The molecular weight excluding hydrogens is 338 g/mol. The highest BCUT2D eigenvalue weighted by Crippen LogP contribution is 2.26. The number of ether oxygens (including phenoxy) is 1. The molecule has 0 saturated heterocycles. The van der Waals surface area contributed by atoms with Gasteiger partial charge >= 0.3 is 0 Å². The number of hydrogen-bond acceptors (Lipinski definition) is 4. The van der Waals surface area contributed by atoms with Crippen molar-refractivity contribution in [3.63, 3.8) is 0 Å². The summed E-state index contributed by atoms with van der Waals surface area (Å²) in [5.41, 5.74) is 3.31. The van der Waals surface area contributed by atoms with Crippen molar-refractivity contribution in [3.05, 3.63) is 82.7 Å². The van der Waals surface area contributed by atoms with E-state index >= 15 is 0 Å². The van der Waals surface area contributed by atoms with E-state index in [-0.39, 0.29) is 5.43 Å². The maximum atomic E-state index is 12.4. The van der Waals surface area contributed by atoms with Crippen LogP contribution in [0.1, 0.15) is 20.3 Å². The molecule has 0 spiro atoms. The zero-order valence-corrected chi connectivity index (χ0v) is 15.8. The van der Waals surface area contributed by atoms with Crippen molar-refractivity contribution in [2.75, 3.05) is 12.4 Å². The van der Waals surface area contributed by atoms with E-state index in [4.69, 9.17) is 9.15 Å². The van der Waals surface area contributed by atoms with Gasteiger partial charge in [0.1, 0.15) is 17.1 Å². The Morgan fingerprint density at radius 3 is 2.59 bits per heavy atom. The molecule has 0 aliphatic heterocycles. The summed E-state index contributed by atoms with van der Waals surface area (Å²) in [6.07, 6.45) is 7.18. The van der Waals surface area contributed by atoms with Crippen LogP contribution in [0.15, 0.2) is 81.7 Å². The molecule has 138 valence electrons. The van der Waals surface area contributed by atoms with Gasteiger partial charge in [-0.1, -0.05) is 19.1 Å². The highest BCUT2D eigenvalue weighted by atomic mass is 16.5. The van der Waals surface area contributed by atoms with Crippen LogP contribution < -0.4 is 15.5 Å². The van der Waals surface area contributed by atoms with Crippen molar-refractivity contribution in [2.24, 2.45) is 0 Å². The fraction of sp³-hybridized carbons (Fsp3) is 0.174. The van der Waals surface area contributed by atoms with E-state index in [1.165, 1.54) is 6.07 Å². The number of rotatable bonds is 6. The summed E-state index contributed by atoms with van der Waals surface area (Å²) >= 11 is 0. The summed E-state index contributed by atoms with van der Waals surface area (Å²) in [5.74, 6) is 1.18. The lowest BCUT2D eigenvalue weighted by atomic mass is 10.1. The second-order valence-corrected chi connectivity index (χ2v) is 6.09. The van der Waals surface area contributed by atoms with Crippen LogP contribution in [0.4, 0.5) is 5.69 Å². The molecule has 0 bridgehead atoms. The standard InChI is InChI=1S/C23H23NO3/c1-4-6-7-17(5-2)24-18-10-8-16(9-11-18)23-15-21(25)20-14-19(26-3)12-13-22(20)27-23/h5-15,24H,4H2,1-3H3/b7-6-,17-5+. The topological polar surface area (TPSA) is 51.5 Å². The molecule has 0 radical (unpaired) electrons. The summed E-state index contributed by atoms with van der Waals surface area (Å²) in [7, 11) is 1.57. The van der Waals surface area contributed by atoms with Crippen LogP contribution in [0.3, 0.4) is 0 Å². The van der Waals surface area contributed by atoms with Crippen LogP contribution in [0.5, 0.6) is 5.75 Å². The van der Waals surface area contributed by atoms with E-state index < -0.39 is 0 Å². The zero-order chi connectivity index (χ0) is 19.2. The highest BCUT2D eigenvalue weighted by Gasteiger charge is 2.08. The largest absolute Gasteiger partial charge is 0.497 e. The Morgan fingerprint density at radius 2 is 1.93 bits per heavy atom. The predicted molar refractivity (Wildman–Crippen MR) is 111 cm³/mol. The Morgan fingerprint density at radius 1 is 1.15 bits per heavy atom. The van der Waals surface area contributed by atoms with Crippen molar-refractivity contribution in [1.82, 2.24) is 0 Å².